The predicted molar refractivity (Wildman–Crippen MR) is 62.8 cm³/mol. The zero-order chi connectivity index (χ0) is 11.5. The summed E-state index contributed by atoms with van der Waals surface area (Å²) in [4.78, 5) is 11.7. The summed E-state index contributed by atoms with van der Waals surface area (Å²) in [5, 5.41) is 2.85. The van der Waals surface area contributed by atoms with Crippen LogP contribution in [0.2, 0.25) is 0 Å². The molecule has 3 nitrogen and oxygen atoms in total. The fourth-order valence-corrected chi connectivity index (χ4v) is 1.92. The van der Waals surface area contributed by atoms with E-state index in [-0.39, 0.29) is 11.3 Å². The summed E-state index contributed by atoms with van der Waals surface area (Å²) >= 11 is 6.10. The summed E-state index contributed by atoms with van der Waals surface area (Å²) in [5.41, 5.74) is 0. The number of carbonyl (C=O) groups excluding carboxylic acids is 1. The Morgan fingerprint density at radius 1 is 1.62 bits per heavy atom. The van der Waals surface area contributed by atoms with Crippen molar-refractivity contribution in [3.8, 4) is 0 Å². The molecule has 2 rings (SSSR count). The third kappa shape index (κ3) is 2.79. The third-order valence-corrected chi connectivity index (χ3v) is 3.34. The smallest absolute Gasteiger partial charge is 0.287 e. The highest BCUT2D eigenvalue weighted by Crippen LogP contribution is 2.35. The highest BCUT2D eigenvalue weighted by Gasteiger charge is 2.29. The number of rotatable bonds is 5. The van der Waals surface area contributed by atoms with Crippen molar-refractivity contribution >= 4 is 17.5 Å². The van der Waals surface area contributed by atoms with Crippen LogP contribution in [0.3, 0.4) is 0 Å². The van der Waals surface area contributed by atoms with Crippen LogP contribution in [0.25, 0.3) is 0 Å². The van der Waals surface area contributed by atoms with E-state index in [4.69, 9.17) is 16.0 Å². The van der Waals surface area contributed by atoms with Crippen LogP contribution < -0.4 is 5.32 Å². The maximum atomic E-state index is 11.7. The molecule has 1 atom stereocenters. The number of amides is 1. The molecular formula is C12H16ClNO2. The zero-order valence-corrected chi connectivity index (χ0v) is 10.1. The Balaban J connectivity index is 1.82. The van der Waals surface area contributed by atoms with Crippen LogP contribution in [0.15, 0.2) is 16.5 Å². The van der Waals surface area contributed by atoms with Crippen LogP contribution in [0.1, 0.15) is 36.1 Å². The summed E-state index contributed by atoms with van der Waals surface area (Å²) < 4.78 is 5.35. The monoisotopic (exact) mass is 241 g/mol. The number of nitrogens with one attached hydrogen (secondary N) is 1. The Morgan fingerprint density at radius 2 is 2.38 bits per heavy atom. The van der Waals surface area contributed by atoms with Crippen LogP contribution in [0, 0.1) is 5.92 Å². The topological polar surface area (TPSA) is 42.2 Å². The lowest BCUT2D eigenvalue weighted by Gasteiger charge is -2.08. The van der Waals surface area contributed by atoms with Crippen molar-refractivity contribution in [2.24, 2.45) is 5.92 Å². The van der Waals surface area contributed by atoms with Crippen molar-refractivity contribution in [3.05, 3.63) is 23.7 Å². The largest absolute Gasteiger partial charge is 0.456 e. The summed E-state index contributed by atoms with van der Waals surface area (Å²) in [6, 6.07) is 3.53. The quantitative estimate of drug-likeness (QED) is 0.806. The number of halogens is 1. The van der Waals surface area contributed by atoms with Gasteiger partial charge >= 0.3 is 0 Å². The Labute approximate surface area is 100 Å². The highest BCUT2D eigenvalue weighted by molar-refractivity contribution is 6.21. The number of aryl methyl sites for hydroxylation is 1. The molecule has 0 aromatic carbocycles. The second-order valence-electron chi connectivity index (χ2n) is 4.18. The number of carbonyl (C=O) groups is 1. The lowest BCUT2D eigenvalue weighted by atomic mass is 10.3. The van der Waals surface area contributed by atoms with Gasteiger partial charge in [0.2, 0.25) is 0 Å². The Bertz CT molecular complexity index is 371. The van der Waals surface area contributed by atoms with Gasteiger partial charge in [0, 0.05) is 13.0 Å². The van der Waals surface area contributed by atoms with Crippen molar-refractivity contribution < 1.29 is 9.21 Å². The van der Waals surface area contributed by atoms with E-state index in [9.17, 15) is 4.79 Å². The van der Waals surface area contributed by atoms with E-state index < -0.39 is 0 Å². The van der Waals surface area contributed by atoms with Crippen molar-refractivity contribution in [2.75, 3.05) is 6.54 Å². The second kappa shape index (κ2) is 4.91. The van der Waals surface area contributed by atoms with Crippen molar-refractivity contribution in [2.45, 2.75) is 31.6 Å². The van der Waals surface area contributed by atoms with Crippen LogP contribution in [0.5, 0.6) is 0 Å². The van der Waals surface area contributed by atoms with Gasteiger partial charge in [0.25, 0.3) is 5.91 Å². The lowest BCUT2D eigenvalue weighted by molar-refractivity contribution is 0.0923. The van der Waals surface area contributed by atoms with E-state index in [0.29, 0.717) is 18.2 Å². The van der Waals surface area contributed by atoms with E-state index in [2.05, 4.69) is 5.32 Å². The van der Waals surface area contributed by atoms with Gasteiger partial charge in [-0.1, -0.05) is 6.92 Å². The fraction of sp³-hybridized carbons (Fsp3) is 0.583. The molecule has 0 radical (unpaired) electrons. The molecule has 1 saturated carbocycles. The van der Waals surface area contributed by atoms with Crippen LogP contribution >= 0.6 is 11.6 Å². The van der Waals surface area contributed by atoms with Gasteiger partial charge in [0.1, 0.15) is 5.76 Å². The molecule has 1 aromatic heterocycles. The van der Waals surface area contributed by atoms with Gasteiger partial charge in [0.15, 0.2) is 5.76 Å². The minimum absolute atomic E-state index is 0.0598. The van der Waals surface area contributed by atoms with Gasteiger partial charge in [0.05, 0.1) is 5.38 Å². The molecule has 4 heteroatoms. The van der Waals surface area contributed by atoms with Gasteiger partial charge in [-0.3, -0.25) is 4.79 Å². The Hall–Kier alpha value is -0.960. The summed E-state index contributed by atoms with van der Waals surface area (Å²) in [5.74, 6) is 1.61. The maximum absolute atomic E-state index is 11.7. The number of alkyl halides is 1. The van der Waals surface area contributed by atoms with Gasteiger partial charge < -0.3 is 9.73 Å². The summed E-state index contributed by atoms with van der Waals surface area (Å²) in [7, 11) is 0. The first-order chi connectivity index (χ1) is 7.70. The van der Waals surface area contributed by atoms with Crippen LogP contribution in [0.4, 0.5) is 0 Å². The molecule has 1 unspecified atom stereocenters. The average molecular weight is 242 g/mol. The van der Waals surface area contributed by atoms with Crippen molar-refractivity contribution in [3.63, 3.8) is 0 Å². The van der Waals surface area contributed by atoms with E-state index in [1.54, 1.807) is 6.07 Å². The molecule has 1 N–H and O–H groups in total. The average Bonchev–Trinajstić information content (AvgIpc) is 3.03. The molecule has 1 aliphatic carbocycles. The standard InChI is InChI=1S/C12H16ClNO2/c1-2-9-5-6-11(16-9)12(15)14-7-10(13)8-3-4-8/h5-6,8,10H,2-4,7H2,1H3,(H,14,15). The molecule has 0 spiro atoms. The van der Waals surface area contributed by atoms with E-state index in [1.165, 1.54) is 12.8 Å². The first-order valence-electron chi connectivity index (χ1n) is 5.71. The third-order valence-electron chi connectivity index (χ3n) is 2.83. The van der Waals surface area contributed by atoms with Crippen LogP contribution in [-0.4, -0.2) is 17.8 Å². The summed E-state index contributed by atoms with van der Waals surface area (Å²) in [6.07, 6.45) is 3.17. The number of furan rings is 1. The fourth-order valence-electron chi connectivity index (χ4n) is 1.59. The molecule has 1 aromatic rings. The molecular weight excluding hydrogens is 226 g/mol. The first kappa shape index (κ1) is 11.5. The van der Waals surface area contributed by atoms with Crippen LogP contribution in [-0.2, 0) is 6.42 Å². The molecule has 1 amide bonds. The molecule has 88 valence electrons. The zero-order valence-electron chi connectivity index (χ0n) is 9.33. The van der Waals surface area contributed by atoms with E-state index in [1.807, 2.05) is 13.0 Å². The minimum Gasteiger partial charge on any atom is -0.456 e. The maximum Gasteiger partial charge on any atom is 0.287 e. The second-order valence-corrected chi connectivity index (χ2v) is 4.74. The normalized spacial score (nSPS) is 17.1. The van der Waals surface area contributed by atoms with Gasteiger partial charge in [-0.05, 0) is 30.9 Å². The molecule has 1 heterocycles. The van der Waals surface area contributed by atoms with Gasteiger partial charge in [-0.15, -0.1) is 11.6 Å². The van der Waals surface area contributed by atoms with E-state index in [0.717, 1.165) is 12.2 Å². The lowest BCUT2D eigenvalue weighted by Crippen LogP contribution is -2.30. The van der Waals surface area contributed by atoms with Crippen molar-refractivity contribution in [1.82, 2.24) is 5.32 Å². The first-order valence-corrected chi connectivity index (χ1v) is 6.15. The molecule has 0 saturated heterocycles. The van der Waals surface area contributed by atoms with Gasteiger partial charge in [-0.25, -0.2) is 0 Å². The number of hydrogen-bond donors (Lipinski definition) is 1. The molecule has 1 aliphatic rings. The SMILES string of the molecule is CCc1ccc(C(=O)NCC(Cl)C2CC2)o1. The molecule has 1 fully saturated rings. The summed E-state index contributed by atoms with van der Waals surface area (Å²) in [6.45, 7) is 2.51. The Kier molecular flexibility index (Phi) is 3.54. The Morgan fingerprint density at radius 3 is 2.94 bits per heavy atom. The van der Waals surface area contributed by atoms with Crippen molar-refractivity contribution in [1.29, 1.82) is 0 Å². The number of hydrogen-bond acceptors (Lipinski definition) is 2. The highest BCUT2D eigenvalue weighted by atomic mass is 35.5. The van der Waals surface area contributed by atoms with E-state index >= 15 is 0 Å². The van der Waals surface area contributed by atoms with Gasteiger partial charge in [-0.2, -0.15) is 0 Å². The predicted octanol–water partition coefficient (Wildman–Crippen LogP) is 2.59. The molecule has 0 aliphatic heterocycles. The minimum atomic E-state index is -0.175. The molecule has 0 bridgehead atoms. The molecule has 16 heavy (non-hydrogen) atoms.